The Kier molecular flexibility index (Phi) is 7.50. The Bertz CT molecular complexity index is 479. The van der Waals surface area contributed by atoms with Gasteiger partial charge in [-0.2, -0.15) is 0 Å². The van der Waals surface area contributed by atoms with E-state index in [-0.39, 0.29) is 6.61 Å². The van der Waals surface area contributed by atoms with Crippen LogP contribution in [0, 0.1) is 0 Å². The van der Waals surface area contributed by atoms with Gasteiger partial charge in [0.1, 0.15) is 5.75 Å². The fraction of sp³-hybridized carbons (Fsp3) is 0.438. The first kappa shape index (κ1) is 17.2. The van der Waals surface area contributed by atoms with Gasteiger partial charge in [-0.1, -0.05) is 13.0 Å². The predicted octanol–water partition coefficient (Wildman–Crippen LogP) is 2.00. The maximum atomic E-state index is 10.6. The van der Waals surface area contributed by atoms with E-state index in [0.29, 0.717) is 13.1 Å². The van der Waals surface area contributed by atoms with E-state index in [1.54, 1.807) is 13.2 Å². The molecular formula is C16H23NO4. The molecule has 0 amide bonds. The molecule has 21 heavy (non-hydrogen) atoms. The molecule has 0 heterocycles. The Balaban J connectivity index is 2.95. The lowest BCUT2D eigenvalue weighted by atomic mass is 10.1. The van der Waals surface area contributed by atoms with Crippen LogP contribution in [0.15, 0.2) is 24.3 Å². The zero-order chi connectivity index (χ0) is 15.7. The highest BCUT2D eigenvalue weighted by Gasteiger charge is 2.09. The van der Waals surface area contributed by atoms with Crippen molar-refractivity contribution in [1.29, 1.82) is 0 Å². The third-order valence-electron chi connectivity index (χ3n) is 3.07. The topological polar surface area (TPSA) is 70.0 Å². The lowest BCUT2D eigenvalue weighted by Gasteiger charge is -2.22. The van der Waals surface area contributed by atoms with Crippen molar-refractivity contribution in [2.24, 2.45) is 0 Å². The molecule has 0 radical (unpaired) electrons. The largest absolute Gasteiger partial charge is 0.496 e. The van der Waals surface area contributed by atoms with Crippen LogP contribution in [0.5, 0.6) is 5.75 Å². The number of aliphatic hydroxyl groups excluding tert-OH is 1. The number of nitrogens with zero attached hydrogens (tertiary/aromatic N) is 1. The van der Waals surface area contributed by atoms with Gasteiger partial charge in [-0.25, -0.2) is 4.79 Å². The van der Waals surface area contributed by atoms with Crippen molar-refractivity contribution < 1.29 is 19.7 Å². The summed E-state index contributed by atoms with van der Waals surface area (Å²) in [7, 11) is 1.61. The van der Waals surface area contributed by atoms with Crippen LogP contribution < -0.4 is 4.74 Å². The van der Waals surface area contributed by atoms with E-state index in [9.17, 15) is 4.79 Å². The van der Waals surface area contributed by atoms with E-state index < -0.39 is 5.97 Å². The molecule has 0 saturated carbocycles. The SMILES string of the molecule is CCCN(CCO)Cc1cc(C=CC(=O)O)ccc1OC. The first-order valence-electron chi connectivity index (χ1n) is 7.01. The molecule has 0 fully saturated rings. The second-order valence-corrected chi connectivity index (χ2v) is 4.74. The molecule has 5 nitrogen and oxygen atoms in total. The maximum Gasteiger partial charge on any atom is 0.328 e. The number of aliphatic carboxylic acids is 1. The number of hydrogen-bond donors (Lipinski definition) is 2. The van der Waals surface area contributed by atoms with Gasteiger partial charge in [0.05, 0.1) is 13.7 Å². The molecule has 0 unspecified atom stereocenters. The number of carbonyl (C=O) groups is 1. The highest BCUT2D eigenvalue weighted by Crippen LogP contribution is 2.22. The van der Waals surface area contributed by atoms with Crippen molar-refractivity contribution >= 4 is 12.0 Å². The number of rotatable bonds is 9. The highest BCUT2D eigenvalue weighted by molar-refractivity contribution is 5.85. The number of ether oxygens (including phenoxy) is 1. The fourth-order valence-electron chi connectivity index (χ4n) is 2.16. The molecule has 0 spiro atoms. The quantitative estimate of drug-likeness (QED) is 0.681. The zero-order valence-corrected chi connectivity index (χ0v) is 12.6. The lowest BCUT2D eigenvalue weighted by Crippen LogP contribution is -2.27. The summed E-state index contributed by atoms with van der Waals surface area (Å²) in [6.45, 7) is 4.35. The second-order valence-electron chi connectivity index (χ2n) is 4.74. The van der Waals surface area contributed by atoms with Crippen molar-refractivity contribution in [1.82, 2.24) is 4.90 Å². The summed E-state index contributed by atoms with van der Waals surface area (Å²) in [5.41, 5.74) is 1.79. The van der Waals surface area contributed by atoms with E-state index in [1.807, 2.05) is 18.2 Å². The van der Waals surface area contributed by atoms with Crippen LogP contribution in [0.1, 0.15) is 24.5 Å². The van der Waals surface area contributed by atoms with E-state index in [1.165, 1.54) is 0 Å². The highest BCUT2D eigenvalue weighted by atomic mass is 16.5. The van der Waals surface area contributed by atoms with Crippen LogP contribution in [0.4, 0.5) is 0 Å². The summed E-state index contributed by atoms with van der Waals surface area (Å²) in [5, 5.41) is 17.8. The van der Waals surface area contributed by atoms with Crippen molar-refractivity contribution in [3.05, 3.63) is 35.4 Å². The molecule has 0 atom stereocenters. The normalized spacial score (nSPS) is 11.2. The van der Waals surface area contributed by atoms with Crippen LogP contribution >= 0.6 is 0 Å². The summed E-state index contributed by atoms with van der Waals surface area (Å²) >= 11 is 0. The molecule has 1 aromatic rings. The number of methoxy groups -OCH3 is 1. The van der Waals surface area contributed by atoms with Gasteiger partial charge in [-0.3, -0.25) is 4.90 Å². The van der Waals surface area contributed by atoms with Gasteiger partial charge in [-0.05, 0) is 36.7 Å². The maximum absolute atomic E-state index is 10.6. The van der Waals surface area contributed by atoms with E-state index >= 15 is 0 Å². The van der Waals surface area contributed by atoms with Gasteiger partial charge in [0.2, 0.25) is 0 Å². The van der Waals surface area contributed by atoms with Gasteiger partial charge >= 0.3 is 5.97 Å². The van der Waals surface area contributed by atoms with E-state index in [4.69, 9.17) is 14.9 Å². The molecule has 0 aromatic heterocycles. The van der Waals surface area contributed by atoms with Crippen molar-refractivity contribution in [3.63, 3.8) is 0 Å². The predicted molar refractivity (Wildman–Crippen MR) is 82.3 cm³/mol. The zero-order valence-electron chi connectivity index (χ0n) is 12.6. The van der Waals surface area contributed by atoms with Crippen LogP contribution in [0.3, 0.4) is 0 Å². The monoisotopic (exact) mass is 293 g/mol. The summed E-state index contributed by atoms with van der Waals surface area (Å²) < 4.78 is 5.35. The number of hydrogen-bond acceptors (Lipinski definition) is 4. The molecule has 0 aliphatic carbocycles. The first-order chi connectivity index (χ1) is 10.1. The number of aliphatic hydroxyl groups is 1. The van der Waals surface area contributed by atoms with Gasteiger partial charge in [0.25, 0.3) is 0 Å². The van der Waals surface area contributed by atoms with E-state index in [2.05, 4.69) is 11.8 Å². The van der Waals surface area contributed by atoms with Crippen LogP contribution in [0.25, 0.3) is 6.08 Å². The Morgan fingerprint density at radius 3 is 2.71 bits per heavy atom. The molecule has 1 rings (SSSR count). The van der Waals surface area contributed by atoms with Crippen LogP contribution in [0.2, 0.25) is 0 Å². The van der Waals surface area contributed by atoms with Crippen molar-refractivity contribution in [2.75, 3.05) is 26.8 Å². The van der Waals surface area contributed by atoms with Crippen LogP contribution in [-0.2, 0) is 11.3 Å². The molecule has 2 N–H and O–H groups in total. The Morgan fingerprint density at radius 2 is 2.14 bits per heavy atom. The van der Waals surface area contributed by atoms with Crippen molar-refractivity contribution in [2.45, 2.75) is 19.9 Å². The average molecular weight is 293 g/mol. The molecule has 0 aliphatic rings. The number of carboxylic acid groups (broad SMARTS) is 1. The lowest BCUT2D eigenvalue weighted by molar-refractivity contribution is -0.131. The number of carboxylic acids is 1. The Morgan fingerprint density at radius 1 is 1.38 bits per heavy atom. The molecule has 116 valence electrons. The van der Waals surface area contributed by atoms with Crippen molar-refractivity contribution in [3.8, 4) is 5.75 Å². The van der Waals surface area contributed by atoms with Gasteiger partial charge < -0.3 is 14.9 Å². The van der Waals surface area contributed by atoms with E-state index in [0.717, 1.165) is 35.9 Å². The molecule has 1 aromatic carbocycles. The smallest absolute Gasteiger partial charge is 0.328 e. The van der Waals surface area contributed by atoms with Gasteiger partial charge in [-0.15, -0.1) is 0 Å². The standard InChI is InChI=1S/C16H23NO4/c1-3-8-17(9-10-18)12-14-11-13(5-7-16(19)20)4-6-15(14)21-2/h4-7,11,18H,3,8-10,12H2,1-2H3,(H,19,20). The molecule has 0 saturated heterocycles. The Hall–Kier alpha value is -1.85. The summed E-state index contributed by atoms with van der Waals surface area (Å²) in [5.74, 6) is -0.207. The molecule has 0 aliphatic heterocycles. The minimum atomic E-state index is -0.972. The minimum Gasteiger partial charge on any atom is -0.496 e. The third kappa shape index (κ3) is 5.97. The fourth-order valence-corrected chi connectivity index (χ4v) is 2.16. The summed E-state index contributed by atoms with van der Waals surface area (Å²) in [6.07, 6.45) is 3.67. The van der Waals surface area contributed by atoms with Gasteiger partial charge in [0, 0.05) is 24.7 Å². The second kappa shape index (κ2) is 9.15. The number of benzene rings is 1. The summed E-state index contributed by atoms with van der Waals surface area (Å²) in [4.78, 5) is 12.7. The average Bonchev–Trinajstić information content (AvgIpc) is 2.46. The van der Waals surface area contributed by atoms with Crippen LogP contribution in [-0.4, -0.2) is 47.9 Å². The first-order valence-corrected chi connectivity index (χ1v) is 7.01. The van der Waals surface area contributed by atoms with Gasteiger partial charge in [0.15, 0.2) is 0 Å². The molecule has 5 heteroatoms. The minimum absolute atomic E-state index is 0.112. The third-order valence-corrected chi connectivity index (χ3v) is 3.07. The molecular weight excluding hydrogens is 270 g/mol. The Labute approximate surface area is 125 Å². The summed E-state index contributed by atoms with van der Waals surface area (Å²) in [6, 6.07) is 5.57. The molecule has 0 bridgehead atoms.